The molecule has 4 aromatic rings. The molecular weight excluding hydrogens is 598 g/mol. The van der Waals surface area contributed by atoms with Gasteiger partial charge in [0.15, 0.2) is 5.94 Å². The van der Waals surface area contributed by atoms with Gasteiger partial charge in [-0.15, -0.1) is 10.2 Å². The average molecular weight is 631 g/mol. The summed E-state index contributed by atoms with van der Waals surface area (Å²) in [5.74, 6) is 3.35. The summed E-state index contributed by atoms with van der Waals surface area (Å²) in [6.07, 6.45) is 5.73. The Labute approximate surface area is 262 Å². The largest absolute Gasteiger partial charge is 0.444 e. The molecule has 7 rings (SSSR count). The van der Waals surface area contributed by atoms with E-state index in [4.69, 9.17) is 18.9 Å². The van der Waals surface area contributed by atoms with Gasteiger partial charge in [0.1, 0.15) is 28.4 Å². The highest BCUT2D eigenvalue weighted by Crippen LogP contribution is 2.52. The highest BCUT2D eigenvalue weighted by atomic mass is 19.3. The van der Waals surface area contributed by atoms with Crippen molar-refractivity contribution in [1.29, 1.82) is 0 Å². The fraction of sp³-hybridized carbons (Fsp3) is 0.394. The zero-order chi connectivity index (χ0) is 32.4. The van der Waals surface area contributed by atoms with E-state index in [9.17, 15) is 18.4 Å². The minimum Gasteiger partial charge on any atom is -0.444 e. The lowest BCUT2D eigenvalue weighted by atomic mass is 9.76. The van der Waals surface area contributed by atoms with Gasteiger partial charge in [-0.05, 0) is 69.9 Å². The first-order chi connectivity index (χ1) is 22.0. The van der Waals surface area contributed by atoms with Crippen molar-refractivity contribution in [1.82, 2.24) is 30.0 Å². The molecule has 2 aliphatic heterocycles. The molecule has 0 spiro atoms. The van der Waals surface area contributed by atoms with Gasteiger partial charge in [0, 0.05) is 30.7 Å². The predicted octanol–water partition coefficient (Wildman–Crippen LogP) is 6.25. The van der Waals surface area contributed by atoms with Crippen LogP contribution >= 0.6 is 0 Å². The molecule has 3 aliphatic rings. The topological polar surface area (TPSA) is 125 Å². The van der Waals surface area contributed by atoms with Gasteiger partial charge < -0.3 is 28.7 Å². The molecule has 1 saturated carbocycles. The zero-order valence-electron chi connectivity index (χ0n) is 25.7. The van der Waals surface area contributed by atoms with Gasteiger partial charge >= 0.3 is 12.7 Å². The molecule has 46 heavy (non-hydrogen) atoms. The van der Waals surface area contributed by atoms with Crippen LogP contribution in [0.4, 0.5) is 13.6 Å². The number of alkyl halides is 2. The third-order valence-corrected chi connectivity index (χ3v) is 8.80. The second kappa shape index (κ2) is 10.8. The van der Waals surface area contributed by atoms with E-state index in [2.05, 4.69) is 15.5 Å². The van der Waals surface area contributed by atoms with Crippen LogP contribution in [0.15, 0.2) is 40.8 Å². The summed E-state index contributed by atoms with van der Waals surface area (Å²) in [5, 5.41) is 11.3. The summed E-state index contributed by atoms with van der Waals surface area (Å²) in [6.45, 7) is 2.38. The molecule has 1 aliphatic carbocycles. The molecule has 2 aromatic carbocycles. The van der Waals surface area contributed by atoms with Gasteiger partial charge in [0.2, 0.25) is 11.8 Å². The number of ether oxygens (including phenoxy) is 2. The summed E-state index contributed by atoms with van der Waals surface area (Å²) in [7, 11) is 1.79. The van der Waals surface area contributed by atoms with Gasteiger partial charge in [0.25, 0.3) is 0 Å². The molecule has 2 atom stereocenters. The van der Waals surface area contributed by atoms with Crippen molar-refractivity contribution < 1.29 is 32.3 Å². The molecule has 0 saturated heterocycles. The van der Waals surface area contributed by atoms with Crippen molar-refractivity contribution in [3.63, 3.8) is 0 Å². The lowest BCUT2D eigenvalue weighted by Gasteiger charge is -2.39. The van der Waals surface area contributed by atoms with Crippen molar-refractivity contribution >= 4 is 40.9 Å². The van der Waals surface area contributed by atoms with Crippen LogP contribution in [0.1, 0.15) is 92.8 Å². The standard InChI is InChI=1S/C33H32F2N6O5/c1-32(2,3)46-31(43)37-33(13-6-14-33)29-39-38-26(45-29)12-10-18-9-11-20-21(15-18)41-22-16-23(28(41)36-20)40(4)24(17-42)19-7-5-8-25(27(19)22)44-30(34)35/h5,7-12,15,22-23,30H,6,13-14,16H2,1-4H3,(H,37,43)/b12-10+/t22-,23-/m1/s1. The van der Waals surface area contributed by atoms with Crippen molar-refractivity contribution in [3.05, 3.63) is 70.7 Å². The first kappa shape index (κ1) is 29.7. The van der Waals surface area contributed by atoms with Crippen LogP contribution in [0.5, 0.6) is 5.75 Å². The van der Waals surface area contributed by atoms with E-state index >= 15 is 0 Å². The van der Waals surface area contributed by atoms with Crippen LogP contribution in [0.2, 0.25) is 0 Å². The maximum Gasteiger partial charge on any atom is 0.408 e. The maximum atomic E-state index is 13.5. The second-order valence-corrected chi connectivity index (χ2v) is 12.9. The second-order valence-electron chi connectivity index (χ2n) is 12.9. The fourth-order valence-corrected chi connectivity index (χ4v) is 6.65. The molecule has 11 nitrogen and oxygen atoms in total. The summed E-state index contributed by atoms with van der Waals surface area (Å²) < 4.78 is 45.3. The van der Waals surface area contributed by atoms with E-state index in [1.54, 1.807) is 46.0 Å². The van der Waals surface area contributed by atoms with Crippen molar-refractivity contribution in [3.8, 4) is 5.75 Å². The number of alkyl carbamates (subject to hydrolysis) is 1. The lowest BCUT2D eigenvalue weighted by molar-refractivity contribution is -0.0507. The lowest BCUT2D eigenvalue weighted by Crippen LogP contribution is -2.52. The van der Waals surface area contributed by atoms with Crippen molar-refractivity contribution in [2.45, 2.75) is 76.3 Å². The number of hydrogen-bond donors (Lipinski definition) is 1. The molecule has 0 radical (unpaired) electrons. The number of nitrogens with zero attached hydrogens (tertiary/aromatic N) is 5. The summed E-state index contributed by atoms with van der Waals surface area (Å²) in [6, 6.07) is 9.89. The third kappa shape index (κ3) is 5.00. The predicted molar refractivity (Wildman–Crippen MR) is 163 cm³/mol. The molecule has 1 fully saturated rings. The Hall–Kier alpha value is -5.03. The number of fused-ring (bicyclic) bond motifs is 9. The number of halogens is 2. The normalized spacial score (nSPS) is 19.9. The van der Waals surface area contributed by atoms with Gasteiger partial charge in [-0.3, -0.25) is 0 Å². The Balaban J connectivity index is 1.21. The first-order valence-electron chi connectivity index (χ1n) is 15.1. The van der Waals surface area contributed by atoms with Crippen LogP contribution in [0.25, 0.3) is 28.9 Å². The van der Waals surface area contributed by atoms with Crippen LogP contribution in [-0.2, 0) is 15.1 Å². The number of nitrogens with one attached hydrogen (secondary N) is 1. The molecule has 2 aromatic heterocycles. The Bertz CT molecular complexity index is 1930. The number of hydrogen-bond acceptors (Lipinski definition) is 9. The van der Waals surface area contributed by atoms with Crippen LogP contribution < -0.4 is 10.1 Å². The van der Waals surface area contributed by atoms with Gasteiger partial charge in [-0.1, -0.05) is 18.2 Å². The Morgan fingerprint density at radius 3 is 2.67 bits per heavy atom. The zero-order valence-corrected chi connectivity index (χ0v) is 25.7. The van der Waals surface area contributed by atoms with Gasteiger partial charge in [-0.2, -0.15) is 8.78 Å². The number of carbonyl (C=O) groups is 1. The van der Waals surface area contributed by atoms with Crippen molar-refractivity contribution in [2.75, 3.05) is 7.05 Å². The number of carbonyl (C=O) groups excluding carboxylic acids is 2. The third-order valence-electron chi connectivity index (χ3n) is 8.80. The fourth-order valence-electron chi connectivity index (χ4n) is 6.65. The summed E-state index contributed by atoms with van der Waals surface area (Å²) >= 11 is 0. The highest BCUT2D eigenvalue weighted by molar-refractivity contribution is 5.90. The quantitative estimate of drug-likeness (QED) is 0.246. The first-order valence-corrected chi connectivity index (χ1v) is 15.1. The molecule has 0 unspecified atom stereocenters. The molecule has 2 bridgehead atoms. The number of amides is 1. The summed E-state index contributed by atoms with van der Waals surface area (Å²) in [4.78, 5) is 31.3. The molecular formula is C33H32F2N6O5. The Morgan fingerprint density at radius 1 is 1.17 bits per heavy atom. The number of aromatic nitrogens is 4. The molecule has 1 amide bonds. The van der Waals surface area contributed by atoms with Crippen molar-refractivity contribution in [2.24, 2.45) is 0 Å². The number of imidazole rings is 1. The molecule has 4 heterocycles. The minimum absolute atomic E-state index is 0.0163. The van der Waals surface area contributed by atoms with E-state index in [0.29, 0.717) is 36.3 Å². The highest BCUT2D eigenvalue weighted by Gasteiger charge is 2.46. The van der Waals surface area contributed by atoms with E-state index in [1.165, 1.54) is 6.07 Å². The van der Waals surface area contributed by atoms with E-state index in [-0.39, 0.29) is 23.4 Å². The van der Waals surface area contributed by atoms with Crippen LogP contribution in [0, 0.1) is 0 Å². The maximum absolute atomic E-state index is 13.5. The van der Waals surface area contributed by atoms with Crippen LogP contribution in [-0.4, -0.2) is 55.9 Å². The molecule has 1 N–H and O–H groups in total. The van der Waals surface area contributed by atoms with E-state index in [1.807, 2.05) is 39.7 Å². The molecule has 238 valence electrons. The smallest absolute Gasteiger partial charge is 0.408 e. The molecule has 13 heteroatoms. The summed E-state index contributed by atoms with van der Waals surface area (Å²) in [5.41, 5.74) is 2.22. The van der Waals surface area contributed by atoms with E-state index < -0.39 is 29.9 Å². The van der Waals surface area contributed by atoms with Gasteiger partial charge in [-0.25, -0.2) is 14.6 Å². The monoisotopic (exact) mass is 630 g/mol. The SMILES string of the molecule is CN1C(=C=O)c2cccc(OC(F)F)c2[C@H]2C[C@@H]1c1nc3ccc(/C=C/c4nnc(C5(NC(=O)OC(C)(C)C)CCC5)o4)cc3n12. The number of benzene rings is 2. The Morgan fingerprint density at radius 2 is 1.98 bits per heavy atom. The average Bonchev–Trinajstić information content (AvgIpc) is 3.66. The Kier molecular flexibility index (Phi) is 6.97. The van der Waals surface area contributed by atoms with E-state index in [0.717, 1.165) is 28.8 Å². The minimum atomic E-state index is -3.03. The van der Waals surface area contributed by atoms with Crippen LogP contribution in [0.3, 0.4) is 0 Å². The van der Waals surface area contributed by atoms with Gasteiger partial charge in [0.05, 0.1) is 23.1 Å². The number of rotatable bonds is 6.